The maximum Gasteiger partial charge on any atom is 0.144 e. The molecule has 1 aromatic heterocycles. The van der Waals surface area contributed by atoms with E-state index in [1.807, 2.05) is 0 Å². The lowest BCUT2D eigenvalue weighted by Crippen LogP contribution is -1.99. The molecule has 0 amide bonds. The molecule has 29 heavy (non-hydrogen) atoms. The summed E-state index contributed by atoms with van der Waals surface area (Å²) in [6.45, 7) is 5.21. The number of ether oxygens (including phenoxy) is 1. The first-order valence-electron chi connectivity index (χ1n) is 12.3. The molecule has 1 aromatic rings. The quantitative estimate of drug-likeness (QED) is 0.137. The maximum atomic E-state index is 6.05. The van der Waals surface area contributed by atoms with Crippen molar-refractivity contribution in [2.45, 2.75) is 128 Å². The van der Waals surface area contributed by atoms with Crippen LogP contribution in [-0.4, -0.2) is 11.6 Å². The molecule has 0 aliphatic rings. The Morgan fingerprint density at radius 2 is 1.03 bits per heavy atom. The highest BCUT2D eigenvalue weighted by Crippen LogP contribution is 2.29. The smallest absolute Gasteiger partial charge is 0.144 e. The Morgan fingerprint density at radius 1 is 0.621 bits per heavy atom. The van der Waals surface area contributed by atoms with Crippen molar-refractivity contribution in [2.75, 3.05) is 6.61 Å². The fourth-order valence-electron chi connectivity index (χ4n) is 3.99. The predicted molar refractivity (Wildman–Crippen MR) is 136 cm³/mol. The first kappa shape index (κ1) is 26.8. The number of hydrogen-bond acceptors (Lipinski definition) is 3. The second-order valence-corrected chi connectivity index (χ2v) is 9.14. The lowest BCUT2D eigenvalue weighted by molar-refractivity contribution is 0.300. The van der Waals surface area contributed by atoms with Crippen molar-refractivity contribution in [1.29, 1.82) is 0 Å². The number of H-pyrrole nitrogens is 1. The average molecular weight is 442 g/mol. The molecular formula is C25H47NOS2. The molecule has 4 heteroatoms. The van der Waals surface area contributed by atoms with Crippen molar-refractivity contribution in [2.24, 2.45) is 0 Å². The van der Waals surface area contributed by atoms with Gasteiger partial charge < -0.3 is 9.72 Å². The Morgan fingerprint density at radius 3 is 1.45 bits per heavy atom. The van der Waals surface area contributed by atoms with Crippen LogP contribution < -0.4 is 4.74 Å². The summed E-state index contributed by atoms with van der Waals surface area (Å²) >= 11 is 8.78. The van der Waals surface area contributed by atoms with Crippen molar-refractivity contribution in [3.05, 3.63) is 17.0 Å². The van der Waals surface area contributed by atoms with Crippen LogP contribution in [0.5, 0.6) is 5.75 Å². The van der Waals surface area contributed by atoms with Gasteiger partial charge >= 0.3 is 0 Å². The zero-order valence-electron chi connectivity index (χ0n) is 19.2. The van der Waals surface area contributed by atoms with Crippen molar-refractivity contribution in [3.8, 4) is 5.75 Å². The third kappa shape index (κ3) is 12.3. The Balaban J connectivity index is 1.88. The molecule has 0 saturated carbocycles. The Bertz CT molecular complexity index is 501. The van der Waals surface area contributed by atoms with E-state index in [0.717, 1.165) is 35.9 Å². The molecule has 0 aliphatic heterocycles. The molecule has 0 spiro atoms. The number of aromatic nitrogens is 1. The average Bonchev–Trinajstić information content (AvgIpc) is 3.05. The third-order valence-electron chi connectivity index (χ3n) is 5.93. The SMILES string of the molecule is CCCCCCCCCCCCCCCCCCOc1c(CS)[nH]c(CS)c1C. The van der Waals surface area contributed by atoms with Crippen LogP contribution in [0.25, 0.3) is 0 Å². The van der Waals surface area contributed by atoms with E-state index in [0.29, 0.717) is 5.75 Å². The third-order valence-corrected chi connectivity index (χ3v) is 6.56. The fraction of sp³-hybridized carbons (Fsp3) is 0.840. The molecule has 0 aromatic carbocycles. The van der Waals surface area contributed by atoms with Crippen molar-refractivity contribution in [3.63, 3.8) is 0 Å². The normalized spacial score (nSPS) is 11.3. The minimum Gasteiger partial charge on any atom is -0.491 e. The van der Waals surface area contributed by atoms with Crippen LogP contribution in [0.2, 0.25) is 0 Å². The van der Waals surface area contributed by atoms with Crippen LogP contribution in [0.1, 0.15) is 127 Å². The van der Waals surface area contributed by atoms with Crippen molar-refractivity contribution >= 4 is 25.3 Å². The van der Waals surface area contributed by atoms with Crippen LogP contribution >= 0.6 is 25.3 Å². The van der Waals surface area contributed by atoms with Gasteiger partial charge in [0.1, 0.15) is 5.75 Å². The molecule has 0 aliphatic carbocycles. The highest BCUT2D eigenvalue weighted by atomic mass is 32.1. The van der Waals surface area contributed by atoms with E-state index >= 15 is 0 Å². The number of aromatic amines is 1. The Kier molecular flexibility index (Phi) is 17.1. The van der Waals surface area contributed by atoms with Gasteiger partial charge in [-0.15, -0.1) is 0 Å². The zero-order chi connectivity index (χ0) is 21.2. The van der Waals surface area contributed by atoms with Crippen molar-refractivity contribution < 1.29 is 4.74 Å². The van der Waals surface area contributed by atoms with E-state index in [2.05, 4.69) is 44.1 Å². The molecule has 1 rings (SSSR count). The number of rotatable bonds is 20. The summed E-state index contributed by atoms with van der Waals surface area (Å²) in [4.78, 5) is 3.38. The minimum absolute atomic E-state index is 0.683. The Labute approximate surface area is 192 Å². The summed E-state index contributed by atoms with van der Waals surface area (Å²) in [7, 11) is 0. The zero-order valence-corrected chi connectivity index (χ0v) is 21.0. The van der Waals surface area contributed by atoms with Crippen LogP contribution in [0.15, 0.2) is 0 Å². The highest BCUT2D eigenvalue weighted by molar-refractivity contribution is 7.79. The molecule has 0 unspecified atom stereocenters. The van der Waals surface area contributed by atoms with Gasteiger partial charge in [0.25, 0.3) is 0 Å². The molecule has 170 valence electrons. The molecule has 0 fully saturated rings. The second kappa shape index (κ2) is 18.5. The molecule has 0 saturated heterocycles. The summed E-state index contributed by atoms with van der Waals surface area (Å²) < 4.78 is 6.05. The van der Waals surface area contributed by atoms with Gasteiger partial charge in [-0.1, -0.05) is 103 Å². The highest BCUT2D eigenvalue weighted by Gasteiger charge is 2.13. The monoisotopic (exact) mass is 441 g/mol. The molecule has 0 atom stereocenters. The molecule has 2 nitrogen and oxygen atoms in total. The van der Waals surface area contributed by atoms with Crippen molar-refractivity contribution in [1.82, 2.24) is 4.98 Å². The number of nitrogens with one attached hydrogen (secondary N) is 1. The van der Waals surface area contributed by atoms with E-state index in [9.17, 15) is 0 Å². The molecule has 0 radical (unpaired) electrons. The van der Waals surface area contributed by atoms with Gasteiger partial charge in [0.15, 0.2) is 0 Å². The van der Waals surface area contributed by atoms with E-state index in [1.54, 1.807) is 0 Å². The van der Waals surface area contributed by atoms with Crippen LogP contribution in [0.3, 0.4) is 0 Å². The first-order chi connectivity index (χ1) is 14.2. The summed E-state index contributed by atoms with van der Waals surface area (Å²) in [5.74, 6) is 2.41. The summed E-state index contributed by atoms with van der Waals surface area (Å²) in [6.07, 6.45) is 22.4. The first-order valence-corrected chi connectivity index (χ1v) is 13.6. The van der Waals surface area contributed by atoms with Gasteiger partial charge in [0.05, 0.1) is 12.3 Å². The van der Waals surface area contributed by atoms with Gasteiger partial charge in [0.2, 0.25) is 0 Å². The minimum atomic E-state index is 0.683. The van der Waals surface area contributed by atoms with Gasteiger partial charge in [0, 0.05) is 22.8 Å². The van der Waals surface area contributed by atoms with Crippen LogP contribution in [0.4, 0.5) is 0 Å². The number of unbranched alkanes of at least 4 members (excludes halogenated alkanes) is 15. The Hall–Kier alpha value is -0.220. The summed E-state index contributed by atoms with van der Waals surface area (Å²) in [6, 6.07) is 0. The largest absolute Gasteiger partial charge is 0.491 e. The van der Waals surface area contributed by atoms with E-state index in [4.69, 9.17) is 4.74 Å². The maximum absolute atomic E-state index is 6.05. The van der Waals surface area contributed by atoms with Crippen LogP contribution in [0, 0.1) is 6.92 Å². The molecular weight excluding hydrogens is 394 g/mol. The lowest BCUT2D eigenvalue weighted by atomic mass is 10.0. The lowest BCUT2D eigenvalue weighted by Gasteiger charge is -2.08. The summed E-state index contributed by atoms with van der Waals surface area (Å²) in [5, 5.41) is 0. The van der Waals surface area contributed by atoms with Gasteiger partial charge in [-0.3, -0.25) is 0 Å². The van der Waals surface area contributed by atoms with E-state index in [-0.39, 0.29) is 0 Å². The predicted octanol–water partition coefficient (Wildman–Crippen LogP) is 8.82. The molecule has 0 bridgehead atoms. The second-order valence-electron chi connectivity index (χ2n) is 8.50. The van der Waals surface area contributed by atoms with Gasteiger partial charge in [-0.25, -0.2) is 0 Å². The number of thiol groups is 2. The van der Waals surface area contributed by atoms with Crippen LogP contribution in [-0.2, 0) is 11.5 Å². The molecule has 1 N–H and O–H groups in total. The fourth-order valence-corrected chi connectivity index (χ4v) is 4.52. The number of hydrogen-bond donors (Lipinski definition) is 3. The van der Waals surface area contributed by atoms with E-state index in [1.165, 1.54) is 102 Å². The van der Waals surface area contributed by atoms with E-state index < -0.39 is 0 Å². The topological polar surface area (TPSA) is 25.0 Å². The van der Waals surface area contributed by atoms with Gasteiger partial charge in [-0.2, -0.15) is 25.3 Å². The summed E-state index contributed by atoms with van der Waals surface area (Å²) in [5.41, 5.74) is 3.44. The standard InChI is InChI=1S/C25H47NOS2/c1-3-4-5-6-7-8-9-10-11-12-13-14-15-16-17-18-19-27-25-22(2)23(20-28)26-24(25)21-29/h26,28-29H,3-21H2,1-2H3. The molecule has 1 heterocycles. The van der Waals surface area contributed by atoms with Gasteiger partial charge in [-0.05, 0) is 13.3 Å².